The fraction of sp³-hybridized carbons (Fsp3) is 0.667. The Balaban J connectivity index is 3.84. The lowest BCUT2D eigenvalue weighted by atomic mass is 10.1. The largest absolute Gasteiger partial charge is 0.476 e. The summed E-state index contributed by atoms with van der Waals surface area (Å²) in [6, 6.07) is 0. The van der Waals surface area contributed by atoms with E-state index in [1.807, 2.05) is 0 Å². The van der Waals surface area contributed by atoms with Crippen LogP contribution in [0.3, 0.4) is 0 Å². The summed E-state index contributed by atoms with van der Waals surface area (Å²) in [7, 11) is 0. The van der Waals surface area contributed by atoms with Crippen LogP contribution >= 0.6 is 0 Å². The molecule has 6 nitrogen and oxygen atoms in total. The van der Waals surface area contributed by atoms with Crippen molar-refractivity contribution in [3.63, 3.8) is 0 Å². The molecule has 0 saturated heterocycles. The molecule has 0 aliphatic carbocycles. The summed E-state index contributed by atoms with van der Waals surface area (Å²) in [5.74, 6) is -3.04. The molecule has 68 valence electrons. The van der Waals surface area contributed by atoms with Gasteiger partial charge in [-0.1, -0.05) is 6.92 Å². The van der Waals surface area contributed by atoms with E-state index in [2.05, 4.69) is 0 Å². The van der Waals surface area contributed by atoms with Crippen molar-refractivity contribution in [3.8, 4) is 0 Å². The first-order valence-electron chi connectivity index (χ1n) is 3.31. The Hall–Kier alpha value is -1.46. The van der Waals surface area contributed by atoms with Crippen LogP contribution in [0.5, 0.6) is 0 Å². The molecule has 1 atom stereocenters. The summed E-state index contributed by atoms with van der Waals surface area (Å²) in [6.45, 7) is 1.09. The molecule has 0 spiro atoms. The summed E-state index contributed by atoms with van der Waals surface area (Å²) in [6.07, 6.45) is -0.281. The topological polar surface area (TPSA) is 97.5 Å². The number of carboxylic acids is 1. The molecule has 0 aliphatic heterocycles. The van der Waals surface area contributed by atoms with Gasteiger partial charge >= 0.3 is 5.97 Å². The molecule has 0 aromatic heterocycles. The first kappa shape index (κ1) is 10.5. The SMILES string of the molecule is CC(CC(=O)C(=O)O)C[N+](=O)[O-]. The Morgan fingerprint density at radius 3 is 2.42 bits per heavy atom. The Kier molecular flexibility index (Phi) is 3.89. The third-order valence-corrected chi connectivity index (χ3v) is 1.23. The first-order chi connectivity index (χ1) is 5.43. The standard InChI is InChI=1S/C6H9NO5/c1-4(3-7(11)12)2-5(8)6(9)10/h4H,2-3H2,1H3,(H,9,10). The van der Waals surface area contributed by atoms with E-state index in [-0.39, 0.29) is 13.0 Å². The van der Waals surface area contributed by atoms with Gasteiger partial charge in [-0.25, -0.2) is 4.79 Å². The van der Waals surface area contributed by atoms with Crippen LogP contribution < -0.4 is 0 Å². The van der Waals surface area contributed by atoms with Crippen molar-refractivity contribution in [2.24, 2.45) is 5.92 Å². The van der Waals surface area contributed by atoms with Crippen molar-refractivity contribution in [3.05, 3.63) is 10.1 Å². The predicted octanol–water partition coefficient (Wildman–Crippen LogP) is -0.0570. The molecule has 1 N–H and O–H groups in total. The van der Waals surface area contributed by atoms with Gasteiger partial charge in [0.05, 0.1) is 0 Å². The number of nitrogens with zero attached hydrogens (tertiary/aromatic N) is 1. The Labute approximate surface area is 68.3 Å². The molecule has 0 aromatic rings. The van der Waals surface area contributed by atoms with Crippen molar-refractivity contribution < 1.29 is 19.6 Å². The van der Waals surface area contributed by atoms with Gasteiger partial charge < -0.3 is 5.11 Å². The number of carbonyl (C=O) groups is 2. The average molecular weight is 175 g/mol. The highest BCUT2D eigenvalue weighted by molar-refractivity contribution is 6.32. The number of rotatable bonds is 5. The fourth-order valence-electron chi connectivity index (χ4n) is 0.723. The summed E-state index contributed by atoms with van der Waals surface area (Å²) in [5.41, 5.74) is 0. The smallest absolute Gasteiger partial charge is 0.372 e. The second kappa shape index (κ2) is 4.42. The zero-order chi connectivity index (χ0) is 9.72. The van der Waals surface area contributed by atoms with E-state index in [0.29, 0.717) is 0 Å². The Morgan fingerprint density at radius 2 is 2.08 bits per heavy atom. The number of hydrogen-bond acceptors (Lipinski definition) is 4. The minimum Gasteiger partial charge on any atom is -0.476 e. The molecule has 0 bridgehead atoms. The molecule has 0 fully saturated rings. The Morgan fingerprint density at radius 1 is 1.58 bits per heavy atom. The normalized spacial score (nSPS) is 12.1. The minimum absolute atomic E-state index is 0.281. The molecule has 6 heteroatoms. The van der Waals surface area contributed by atoms with Crippen LogP contribution in [0, 0.1) is 16.0 Å². The van der Waals surface area contributed by atoms with Crippen molar-refractivity contribution in [1.82, 2.24) is 0 Å². The van der Waals surface area contributed by atoms with E-state index < -0.39 is 22.6 Å². The molecule has 1 unspecified atom stereocenters. The summed E-state index contributed by atoms with van der Waals surface area (Å²) < 4.78 is 0. The number of aliphatic carboxylic acids is 1. The van der Waals surface area contributed by atoms with Gasteiger partial charge in [-0.15, -0.1) is 0 Å². The molecular weight excluding hydrogens is 166 g/mol. The van der Waals surface area contributed by atoms with Crippen LogP contribution in [0.1, 0.15) is 13.3 Å². The second-order valence-corrected chi connectivity index (χ2v) is 2.55. The van der Waals surface area contributed by atoms with Gasteiger partial charge in [0, 0.05) is 17.3 Å². The van der Waals surface area contributed by atoms with E-state index in [1.54, 1.807) is 0 Å². The van der Waals surface area contributed by atoms with Gasteiger partial charge in [0.15, 0.2) is 0 Å². The van der Waals surface area contributed by atoms with Gasteiger partial charge in [-0.05, 0) is 0 Å². The first-order valence-corrected chi connectivity index (χ1v) is 3.31. The quantitative estimate of drug-likeness (QED) is 0.358. The Bertz CT molecular complexity index is 212. The number of carbonyl (C=O) groups excluding carboxylic acids is 1. The van der Waals surface area contributed by atoms with Gasteiger partial charge in [0.1, 0.15) is 0 Å². The molecule has 0 amide bonds. The molecule has 0 saturated carbocycles. The molecule has 0 rings (SSSR count). The van der Waals surface area contributed by atoms with Crippen LogP contribution in [0.25, 0.3) is 0 Å². The summed E-state index contributed by atoms with van der Waals surface area (Å²) in [5, 5.41) is 18.1. The number of hydrogen-bond donors (Lipinski definition) is 1. The van der Waals surface area contributed by atoms with Gasteiger partial charge in [0.2, 0.25) is 12.3 Å². The minimum atomic E-state index is -1.54. The lowest BCUT2D eigenvalue weighted by Crippen LogP contribution is -2.20. The maximum Gasteiger partial charge on any atom is 0.372 e. The number of nitro groups is 1. The molecular formula is C6H9NO5. The van der Waals surface area contributed by atoms with Gasteiger partial charge in [-0.2, -0.15) is 0 Å². The van der Waals surface area contributed by atoms with E-state index in [0.717, 1.165) is 0 Å². The van der Waals surface area contributed by atoms with Crippen molar-refractivity contribution >= 4 is 11.8 Å². The van der Waals surface area contributed by atoms with Crippen LogP contribution in [0.15, 0.2) is 0 Å². The van der Waals surface area contributed by atoms with Crippen molar-refractivity contribution in [2.45, 2.75) is 13.3 Å². The zero-order valence-electron chi connectivity index (χ0n) is 6.52. The van der Waals surface area contributed by atoms with Crippen LogP contribution in [-0.4, -0.2) is 28.3 Å². The van der Waals surface area contributed by atoms with E-state index >= 15 is 0 Å². The number of carboxylic acid groups (broad SMARTS) is 1. The molecule has 12 heavy (non-hydrogen) atoms. The maximum atomic E-state index is 10.5. The van der Waals surface area contributed by atoms with E-state index in [9.17, 15) is 19.7 Å². The molecule has 0 radical (unpaired) electrons. The lowest BCUT2D eigenvalue weighted by molar-refractivity contribution is -0.487. The van der Waals surface area contributed by atoms with Crippen LogP contribution in [0.4, 0.5) is 0 Å². The molecule has 0 aliphatic rings. The van der Waals surface area contributed by atoms with Crippen molar-refractivity contribution in [1.29, 1.82) is 0 Å². The predicted molar refractivity (Wildman–Crippen MR) is 38.3 cm³/mol. The van der Waals surface area contributed by atoms with E-state index in [1.165, 1.54) is 6.92 Å². The maximum absolute atomic E-state index is 10.5. The zero-order valence-corrected chi connectivity index (χ0v) is 6.52. The van der Waals surface area contributed by atoms with E-state index in [4.69, 9.17) is 5.11 Å². The highest BCUT2D eigenvalue weighted by Gasteiger charge is 2.18. The third kappa shape index (κ3) is 4.37. The van der Waals surface area contributed by atoms with Crippen molar-refractivity contribution in [2.75, 3.05) is 6.54 Å². The lowest BCUT2D eigenvalue weighted by Gasteiger charge is -2.01. The summed E-state index contributed by atoms with van der Waals surface area (Å²) in [4.78, 5) is 29.9. The third-order valence-electron chi connectivity index (χ3n) is 1.23. The fourth-order valence-corrected chi connectivity index (χ4v) is 0.723. The highest BCUT2D eigenvalue weighted by Crippen LogP contribution is 2.02. The summed E-state index contributed by atoms with van der Waals surface area (Å²) >= 11 is 0. The van der Waals surface area contributed by atoms with Crippen LogP contribution in [0.2, 0.25) is 0 Å². The van der Waals surface area contributed by atoms with Gasteiger partial charge in [0.25, 0.3) is 0 Å². The molecule has 0 heterocycles. The number of ketones is 1. The van der Waals surface area contributed by atoms with Gasteiger partial charge in [-0.3, -0.25) is 14.9 Å². The number of Topliss-reactive ketones (excluding diaryl/α,β-unsaturated/α-hetero) is 1. The molecule has 0 aromatic carbocycles. The highest BCUT2D eigenvalue weighted by atomic mass is 16.6. The monoisotopic (exact) mass is 175 g/mol. The second-order valence-electron chi connectivity index (χ2n) is 2.55. The average Bonchev–Trinajstić information content (AvgIpc) is 1.84. The van der Waals surface area contributed by atoms with Crippen LogP contribution in [-0.2, 0) is 9.59 Å².